The minimum atomic E-state index is -0.901. The van der Waals surface area contributed by atoms with Gasteiger partial charge in [0.25, 0.3) is 5.91 Å². The van der Waals surface area contributed by atoms with Crippen molar-refractivity contribution in [3.63, 3.8) is 0 Å². The van der Waals surface area contributed by atoms with Crippen LogP contribution in [0.5, 0.6) is 0 Å². The van der Waals surface area contributed by atoms with Gasteiger partial charge in [-0.3, -0.25) is 24.2 Å². The van der Waals surface area contributed by atoms with Crippen LogP contribution in [0.2, 0.25) is 0 Å². The molecular weight excluding hydrogens is 606 g/mol. The van der Waals surface area contributed by atoms with Crippen molar-refractivity contribution in [2.75, 3.05) is 0 Å². The third-order valence-corrected chi connectivity index (χ3v) is 8.59. The van der Waals surface area contributed by atoms with Gasteiger partial charge in [-0.15, -0.1) is 0 Å². The fourth-order valence-electron chi connectivity index (χ4n) is 5.89. The van der Waals surface area contributed by atoms with E-state index in [0.717, 1.165) is 74.1 Å². The molecule has 0 unspecified atom stereocenters. The second-order valence-corrected chi connectivity index (χ2v) is 12.5. The van der Waals surface area contributed by atoms with Crippen molar-refractivity contribution in [2.45, 2.75) is 115 Å². The van der Waals surface area contributed by atoms with Gasteiger partial charge in [-0.05, 0) is 43.4 Å². The van der Waals surface area contributed by atoms with Crippen molar-refractivity contribution in [3.05, 3.63) is 78.0 Å². The Hall–Kier alpha value is -4.40. The third kappa shape index (κ3) is 14.6. The minimum absolute atomic E-state index is 0.0866. The Morgan fingerprint density at radius 1 is 0.792 bits per heavy atom. The van der Waals surface area contributed by atoms with Crippen molar-refractivity contribution in [1.82, 2.24) is 10.3 Å². The van der Waals surface area contributed by atoms with Crippen LogP contribution in [0.25, 0.3) is 10.9 Å². The predicted octanol–water partition coefficient (Wildman–Crippen LogP) is 7.19. The highest BCUT2D eigenvalue weighted by Gasteiger charge is 2.29. The lowest BCUT2D eigenvalue weighted by molar-refractivity contribution is -0.145. The average molecular weight is 658 g/mol. The lowest BCUT2D eigenvalue weighted by Crippen LogP contribution is -2.44. The molecule has 1 aromatic heterocycles. The van der Waals surface area contributed by atoms with Crippen LogP contribution in [0.3, 0.4) is 0 Å². The van der Waals surface area contributed by atoms with Crippen LogP contribution >= 0.6 is 0 Å². The molecule has 1 heterocycles. The lowest BCUT2D eigenvalue weighted by Gasteiger charge is -2.23. The van der Waals surface area contributed by atoms with E-state index in [9.17, 15) is 24.0 Å². The average Bonchev–Trinajstić information content (AvgIpc) is 3.10. The highest BCUT2D eigenvalue weighted by atomic mass is 16.5. The number of amides is 2. The molecule has 0 aliphatic heterocycles. The van der Waals surface area contributed by atoms with Crippen LogP contribution in [-0.4, -0.2) is 40.9 Å². The minimum Gasteiger partial charge on any atom is -0.461 e. The Morgan fingerprint density at radius 3 is 2.12 bits per heavy atom. The van der Waals surface area contributed by atoms with E-state index >= 15 is 0 Å². The summed E-state index contributed by atoms with van der Waals surface area (Å²) in [7, 11) is 0. The molecule has 3 aromatic rings. The number of nitrogens with one attached hydrogen (secondary N) is 1. The maximum Gasteiger partial charge on any atom is 0.306 e. The van der Waals surface area contributed by atoms with E-state index in [1.54, 1.807) is 6.07 Å². The Bertz CT molecular complexity index is 1440. The number of fused-ring (bicyclic) bond motifs is 1. The van der Waals surface area contributed by atoms with Gasteiger partial charge in [0.05, 0.1) is 17.1 Å². The largest absolute Gasteiger partial charge is 0.461 e. The molecule has 2 atom stereocenters. The number of aromatic nitrogens is 1. The molecular formula is C39H51N3O6. The molecule has 0 spiro atoms. The SMILES string of the molecule is NC(=O)C[C@H](CCCCCCCCCCCCC=O)C(=O)[C@H](CCCC(=O)OCc1ccccc1)NC(=O)c1cnc2ccccc2c1. The first kappa shape index (κ1) is 38.1. The van der Waals surface area contributed by atoms with Gasteiger partial charge >= 0.3 is 5.97 Å². The summed E-state index contributed by atoms with van der Waals surface area (Å²) in [5, 5.41) is 3.68. The zero-order chi connectivity index (χ0) is 34.4. The molecule has 258 valence electrons. The lowest BCUT2D eigenvalue weighted by atomic mass is 9.87. The summed E-state index contributed by atoms with van der Waals surface area (Å²) in [6.07, 6.45) is 14.8. The number of unbranched alkanes of at least 4 members (excludes halogenated alkanes) is 10. The number of pyridine rings is 1. The molecule has 48 heavy (non-hydrogen) atoms. The van der Waals surface area contributed by atoms with Gasteiger partial charge in [0.2, 0.25) is 5.91 Å². The maximum absolute atomic E-state index is 13.9. The molecule has 0 bridgehead atoms. The van der Waals surface area contributed by atoms with Crippen LogP contribution in [0, 0.1) is 5.92 Å². The highest BCUT2D eigenvalue weighted by Crippen LogP contribution is 2.21. The number of ketones is 1. The first-order chi connectivity index (χ1) is 23.4. The fourth-order valence-corrected chi connectivity index (χ4v) is 5.89. The van der Waals surface area contributed by atoms with Crippen molar-refractivity contribution in [2.24, 2.45) is 11.7 Å². The van der Waals surface area contributed by atoms with Gasteiger partial charge in [-0.25, -0.2) is 0 Å². The van der Waals surface area contributed by atoms with Crippen LogP contribution in [0.1, 0.15) is 119 Å². The normalized spacial score (nSPS) is 12.2. The summed E-state index contributed by atoms with van der Waals surface area (Å²) in [6, 6.07) is 17.7. The zero-order valence-corrected chi connectivity index (χ0v) is 28.1. The molecule has 2 aromatic carbocycles. The molecule has 2 amide bonds. The number of carbonyl (C=O) groups excluding carboxylic acids is 5. The Kier molecular flexibility index (Phi) is 17.6. The van der Waals surface area contributed by atoms with Crippen LogP contribution in [0.4, 0.5) is 0 Å². The van der Waals surface area contributed by atoms with Crippen LogP contribution in [-0.2, 0) is 30.5 Å². The van der Waals surface area contributed by atoms with Crippen molar-refractivity contribution >= 4 is 40.8 Å². The van der Waals surface area contributed by atoms with Crippen molar-refractivity contribution in [3.8, 4) is 0 Å². The summed E-state index contributed by atoms with van der Waals surface area (Å²) in [5.74, 6) is -2.27. The van der Waals surface area contributed by atoms with E-state index in [1.807, 2.05) is 54.6 Å². The van der Waals surface area contributed by atoms with Gasteiger partial charge in [0, 0.05) is 36.8 Å². The van der Waals surface area contributed by atoms with Gasteiger partial charge in [0.1, 0.15) is 12.9 Å². The quantitative estimate of drug-likeness (QED) is 0.0557. The van der Waals surface area contributed by atoms with E-state index < -0.39 is 23.8 Å². The number of hydrogen-bond donors (Lipinski definition) is 2. The molecule has 0 saturated heterocycles. The number of carbonyl (C=O) groups is 5. The third-order valence-electron chi connectivity index (χ3n) is 8.59. The summed E-state index contributed by atoms with van der Waals surface area (Å²) in [4.78, 5) is 66.6. The number of nitrogens with two attached hydrogens (primary N) is 1. The highest BCUT2D eigenvalue weighted by molar-refractivity contribution is 6.00. The van der Waals surface area contributed by atoms with E-state index in [4.69, 9.17) is 10.5 Å². The number of Topliss-reactive ketones (excluding diaryl/α,β-unsaturated/α-hetero) is 1. The molecule has 0 aliphatic carbocycles. The molecule has 0 radical (unpaired) electrons. The summed E-state index contributed by atoms with van der Waals surface area (Å²) >= 11 is 0. The number of aldehydes is 1. The number of para-hydroxylation sites is 1. The molecule has 0 saturated carbocycles. The first-order valence-corrected chi connectivity index (χ1v) is 17.5. The molecule has 3 N–H and O–H groups in total. The van der Waals surface area contributed by atoms with Crippen molar-refractivity contribution < 1.29 is 28.7 Å². The van der Waals surface area contributed by atoms with E-state index in [0.29, 0.717) is 24.8 Å². The molecule has 0 aliphatic rings. The number of nitrogens with zero attached hydrogens (tertiary/aromatic N) is 1. The topological polar surface area (TPSA) is 146 Å². The van der Waals surface area contributed by atoms with Gasteiger partial charge in [-0.1, -0.05) is 106 Å². The number of benzene rings is 2. The van der Waals surface area contributed by atoms with E-state index in [2.05, 4.69) is 10.3 Å². The predicted molar refractivity (Wildman–Crippen MR) is 187 cm³/mol. The summed E-state index contributed by atoms with van der Waals surface area (Å²) in [6.45, 7) is 0.164. The standard InChI is InChI=1S/C39H51N3O6/c40-36(44)27-32(21-13-8-6-4-2-1-3-5-7-9-16-25-43)38(46)35(23-17-24-37(45)48-29-30-18-11-10-12-19-30)42-39(47)33-26-31-20-14-15-22-34(31)41-28-33/h10-12,14-15,18-20,22,25-26,28,32,35H,1-9,13,16-17,21,23-24,27,29H2,(H2,40,44)(H,42,47)/t32-,35-/m0/s1. The van der Waals surface area contributed by atoms with E-state index in [-0.39, 0.29) is 37.6 Å². The fraction of sp³-hybridized carbons (Fsp3) is 0.487. The molecule has 0 fully saturated rings. The maximum atomic E-state index is 13.9. The number of ether oxygens (including phenoxy) is 1. The second-order valence-electron chi connectivity index (χ2n) is 12.5. The number of primary amides is 1. The summed E-state index contributed by atoms with van der Waals surface area (Å²) < 4.78 is 5.40. The van der Waals surface area contributed by atoms with Gasteiger partial charge in [-0.2, -0.15) is 0 Å². The molecule has 9 nitrogen and oxygen atoms in total. The van der Waals surface area contributed by atoms with Gasteiger partial charge < -0.3 is 20.6 Å². The van der Waals surface area contributed by atoms with Crippen LogP contribution in [0.15, 0.2) is 66.9 Å². The van der Waals surface area contributed by atoms with E-state index in [1.165, 1.54) is 19.0 Å². The first-order valence-electron chi connectivity index (χ1n) is 17.5. The Balaban J connectivity index is 1.56. The number of esters is 1. The van der Waals surface area contributed by atoms with Crippen LogP contribution < -0.4 is 11.1 Å². The Labute approximate surface area is 284 Å². The van der Waals surface area contributed by atoms with Gasteiger partial charge in [0.15, 0.2) is 5.78 Å². The second kappa shape index (κ2) is 22.2. The van der Waals surface area contributed by atoms with Crippen molar-refractivity contribution in [1.29, 1.82) is 0 Å². The molecule has 3 rings (SSSR count). The monoisotopic (exact) mass is 657 g/mol. The zero-order valence-electron chi connectivity index (χ0n) is 28.1. The molecule has 9 heteroatoms. The smallest absolute Gasteiger partial charge is 0.306 e. The summed E-state index contributed by atoms with van der Waals surface area (Å²) in [5.41, 5.74) is 7.52. The Morgan fingerprint density at radius 2 is 1.44 bits per heavy atom. The number of hydrogen-bond acceptors (Lipinski definition) is 7. The number of rotatable bonds is 25.